The zero-order chi connectivity index (χ0) is 16.4. The molecule has 1 saturated heterocycles. The van der Waals surface area contributed by atoms with E-state index in [9.17, 15) is 9.59 Å². The van der Waals surface area contributed by atoms with Crippen LogP contribution in [0.3, 0.4) is 0 Å². The molecule has 2 fully saturated rings. The van der Waals surface area contributed by atoms with Gasteiger partial charge in [-0.3, -0.25) is 9.59 Å². The van der Waals surface area contributed by atoms with E-state index in [2.05, 4.69) is 12.2 Å². The molecule has 1 aromatic carbocycles. The summed E-state index contributed by atoms with van der Waals surface area (Å²) >= 11 is 0. The van der Waals surface area contributed by atoms with Crippen LogP contribution in [0.5, 0.6) is 0 Å². The lowest BCUT2D eigenvalue weighted by Gasteiger charge is -2.37. The van der Waals surface area contributed by atoms with E-state index >= 15 is 0 Å². The largest absolute Gasteiger partial charge is 0.366 e. The molecular weight excluding hydrogens is 290 g/mol. The molecule has 0 bridgehead atoms. The molecule has 2 aliphatic rings. The van der Waals surface area contributed by atoms with Gasteiger partial charge in [-0.1, -0.05) is 19.1 Å². The first-order chi connectivity index (χ1) is 11.0. The number of carbonyl (C=O) groups excluding carboxylic acids is 2. The first-order valence-electron chi connectivity index (χ1n) is 8.45. The van der Waals surface area contributed by atoms with Crippen molar-refractivity contribution in [3.63, 3.8) is 0 Å². The van der Waals surface area contributed by atoms with Crippen molar-refractivity contribution < 1.29 is 9.59 Å². The summed E-state index contributed by atoms with van der Waals surface area (Å²) in [5, 5.41) is 3.59. The third-order valence-electron chi connectivity index (χ3n) is 4.95. The Morgan fingerprint density at radius 3 is 2.48 bits per heavy atom. The van der Waals surface area contributed by atoms with Crippen molar-refractivity contribution in [1.82, 2.24) is 10.2 Å². The maximum Gasteiger partial charge on any atom is 0.248 e. The molecule has 3 N–H and O–H groups in total. The van der Waals surface area contributed by atoms with E-state index in [1.165, 1.54) is 0 Å². The van der Waals surface area contributed by atoms with Crippen molar-refractivity contribution in [3.8, 4) is 0 Å². The first kappa shape index (κ1) is 16.0. The fourth-order valence-electron chi connectivity index (χ4n) is 3.27. The highest BCUT2D eigenvalue weighted by Crippen LogP contribution is 2.32. The van der Waals surface area contributed by atoms with Crippen molar-refractivity contribution >= 4 is 11.8 Å². The molecule has 5 nitrogen and oxygen atoms in total. The summed E-state index contributed by atoms with van der Waals surface area (Å²) in [5.41, 5.74) is 6.92. The Kier molecular flexibility index (Phi) is 4.66. The number of benzene rings is 1. The Hall–Kier alpha value is -1.88. The molecule has 0 radical (unpaired) electrons. The zero-order valence-electron chi connectivity index (χ0n) is 13.6. The zero-order valence-corrected chi connectivity index (χ0v) is 13.6. The smallest absolute Gasteiger partial charge is 0.248 e. The number of piperidine rings is 1. The number of nitrogens with zero attached hydrogens (tertiary/aromatic N) is 1. The fraction of sp³-hybridized carbons (Fsp3) is 0.556. The number of primary amides is 1. The van der Waals surface area contributed by atoms with Crippen molar-refractivity contribution in [2.75, 3.05) is 13.1 Å². The van der Waals surface area contributed by atoms with E-state index in [4.69, 9.17) is 5.73 Å². The third kappa shape index (κ3) is 3.91. The molecule has 2 amide bonds. The molecule has 0 unspecified atom stereocenters. The van der Waals surface area contributed by atoms with Gasteiger partial charge in [0.05, 0.1) is 0 Å². The van der Waals surface area contributed by atoms with Gasteiger partial charge in [-0.2, -0.15) is 0 Å². The minimum atomic E-state index is -0.397. The number of carbonyl (C=O) groups is 2. The summed E-state index contributed by atoms with van der Waals surface area (Å²) < 4.78 is 0. The predicted octanol–water partition coefficient (Wildman–Crippen LogP) is 1.52. The SMILES string of the molecule is C[C@H]1CN(C(=O)C2CC2)CC[C@H]1NCc1ccc(C(N)=O)cc1. The second-order valence-corrected chi connectivity index (χ2v) is 6.87. The van der Waals surface area contributed by atoms with Crippen LogP contribution in [0.15, 0.2) is 24.3 Å². The van der Waals surface area contributed by atoms with Crippen LogP contribution in [0.2, 0.25) is 0 Å². The van der Waals surface area contributed by atoms with Crippen LogP contribution in [0.25, 0.3) is 0 Å². The third-order valence-corrected chi connectivity index (χ3v) is 4.95. The van der Waals surface area contributed by atoms with E-state index in [-0.39, 0.29) is 0 Å². The van der Waals surface area contributed by atoms with Gasteiger partial charge < -0.3 is 16.0 Å². The van der Waals surface area contributed by atoms with E-state index < -0.39 is 5.91 Å². The Bertz CT molecular complexity index is 580. The standard InChI is InChI=1S/C18H25N3O2/c1-12-11-21(18(23)15-6-7-15)9-8-16(12)20-10-13-2-4-14(5-3-13)17(19)22/h2-5,12,15-16,20H,6-11H2,1H3,(H2,19,22)/t12-,16+/m0/s1. The number of hydrogen-bond donors (Lipinski definition) is 2. The van der Waals surface area contributed by atoms with Crippen LogP contribution in [-0.2, 0) is 11.3 Å². The Morgan fingerprint density at radius 2 is 1.91 bits per heavy atom. The second-order valence-electron chi connectivity index (χ2n) is 6.87. The van der Waals surface area contributed by atoms with Crippen LogP contribution < -0.4 is 11.1 Å². The topological polar surface area (TPSA) is 75.4 Å². The molecule has 1 saturated carbocycles. The summed E-state index contributed by atoms with van der Waals surface area (Å²) in [6.07, 6.45) is 3.15. The highest BCUT2D eigenvalue weighted by molar-refractivity contribution is 5.92. The summed E-state index contributed by atoms with van der Waals surface area (Å²) in [6, 6.07) is 7.82. The summed E-state index contributed by atoms with van der Waals surface area (Å²) in [4.78, 5) is 25.3. The number of nitrogens with one attached hydrogen (secondary N) is 1. The van der Waals surface area contributed by atoms with E-state index in [1.807, 2.05) is 17.0 Å². The summed E-state index contributed by atoms with van der Waals surface area (Å²) in [7, 11) is 0. The quantitative estimate of drug-likeness (QED) is 0.865. The number of hydrogen-bond acceptors (Lipinski definition) is 3. The number of amides is 2. The van der Waals surface area contributed by atoms with Crippen LogP contribution in [0, 0.1) is 11.8 Å². The fourth-order valence-corrected chi connectivity index (χ4v) is 3.27. The van der Waals surface area contributed by atoms with Crippen molar-refractivity contribution in [3.05, 3.63) is 35.4 Å². The van der Waals surface area contributed by atoms with Gasteiger partial charge in [0, 0.05) is 37.2 Å². The molecule has 0 aromatic heterocycles. The lowest BCUT2D eigenvalue weighted by molar-refractivity contribution is -0.134. The van der Waals surface area contributed by atoms with Gasteiger partial charge in [-0.25, -0.2) is 0 Å². The molecule has 1 aliphatic carbocycles. The molecule has 2 atom stereocenters. The summed E-state index contributed by atoms with van der Waals surface area (Å²) in [6.45, 7) is 4.69. The summed E-state index contributed by atoms with van der Waals surface area (Å²) in [5.74, 6) is 0.731. The van der Waals surface area contributed by atoms with Crippen molar-refractivity contribution in [2.24, 2.45) is 17.6 Å². The molecule has 23 heavy (non-hydrogen) atoms. The van der Waals surface area contributed by atoms with Gasteiger partial charge in [-0.05, 0) is 42.9 Å². The monoisotopic (exact) mass is 315 g/mol. The van der Waals surface area contributed by atoms with Gasteiger partial charge in [0.2, 0.25) is 11.8 Å². The minimum absolute atomic E-state index is 0.315. The first-order valence-corrected chi connectivity index (χ1v) is 8.45. The molecule has 124 valence electrons. The molecule has 0 spiro atoms. The molecule has 1 aliphatic heterocycles. The maximum atomic E-state index is 12.1. The van der Waals surface area contributed by atoms with Crippen LogP contribution in [-0.4, -0.2) is 35.8 Å². The number of nitrogens with two attached hydrogens (primary N) is 1. The van der Waals surface area contributed by atoms with Gasteiger partial charge >= 0.3 is 0 Å². The highest BCUT2D eigenvalue weighted by Gasteiger charge is 2.36. The molecular formula is C18H25N3O2. The maximum absolute atomic E-state index is 12.1. The van der Waals surface area contributed by atoms with Crippen LogP contribution >= 0.6 is 0 Å². The van der Waals surface area contributed by atoms with Crippen molar-refractivity contribution in [2.45, 2.75) is 38.8 Å². The average molecular weight is 315 g/mol. The number of likely N-dealkylation sites (tertiary alicyclic amines) is 1. The second kappa shape index (κ2) is 6.71. The molecule has 3 rings (SSSR count). The van der Waals surface area contributed by atoms with Crippen LogP contribution in [0.1, 0.15) is 42.1 Å². The average Bonchev–Trinajstić information content (AvgIpc) is 3.38. The van der Waals surface area contributed by atoms with E-state index in [0.717, 1.165) is 44.5 Å². The van der Waals surface area contributed by atoms with E-state index in [1.54, 1.807) is 12.1 Å². The Balaban J connectivity index is 1.49. The van der Waals surface area contributed by atoms with Gasteiger partial charge in [0.15, 0.2) is 0 Å². The van der Waals surface area contributed by atoms with Gasteiger partial charge in [0.1, 0.15) is 0 Å². The Morgan fingerprint density at radius 1 is 1.22 bits per heavy atom. The minimum Gasteiger partial charge on any atom is -0.366 e. The molecule has 5 heteroatoms. The lowest BCUT2D eigenvalue weighted by Crippen LogP contribution is -2.50. The molecule has 1 aromatic rings. The van der Waals surface area contributed by atoms with Gasteiger partial charge in [0.25, 0.3) is 0 Å². The molecule has 1 heterocycles. The lowest BCUT2D eigenvalue weighted by atomic mass is 9.93. The normalized spacial score (nSPS) is 24.5. The van der Waals surface area contributed by atoms with E-state index in [0.29, 0.717) is 29.3 Å². The predicted molar refractivity (Wildman–Crippen MR) is 88.7 cm³/mol. The number of rotatable bonds is 5. The van der Waals surface area contributed by atoms with Crippen LogP contribution in [0.4, 0.5) is 0 Å². The Labute approximate surface area is 137 Å². The van der Waals surface area contributed by atoms with Gasteiger partial charge in [-0.15, -0.1) is 0 Å². The highest BCUT2D eigenvalue weighted by atomic mass is 16.2. The van der Waals surface area contributed by atoms with Crippen molar-refractivity contribution in [1.29, 1.82) is 0 Å².